The van der Waals surface area contributed by atoms with Crippen molar-refractivity contribution in [2.24, 2.45) is 0 Å². The lowest BCUT2D eigenvalue weighted by Gasteiger charge is -2.06. The molecule has 0 atom stereocenters. The minimum Gasteiger partial charge on any atom is -0.481 e. The molecule has 0 heterocycles. The Labute approximate surface area is 105 Å². The number of aliphatic carboxylic acids is 1. The topological polar surface area (TPSA) is 49.3 Å². The lowest BCUT2D eigenvalue weighted by Crippen LogP contribution is -2.02. The summed E-state index contributed by atoms with van der Waals surface area (Å²) >= 11 is 5.55. The van der Waals surface area contributed by atoms with Crippen molar-refractivity contribution in [2.45, 2.75) is 25.7 Å². The van der Waals surface area contributed by atoms with Gasteiger partial charge in [0.1, 0.15) is 5.82 Å². The molecule has 0 saturated carbocycles. The predicted octanol–water partition coefficient (Wildman–Crippen LogP) is 3.54. The van der Waals surface area contributed by atoms with Gasteiger partial charge < -0.3 is 10.4 Å². The van der Waals surface area contributed by atoms with Gasteiger partial charge in [0, 0.05) is 18.7 Å². The minimum atomic E-state index is -0.766. The van der Waals surface area contributed by atoms with Crippen molar-refractivity contribution in [2.75, 3.05) is 11.9 Å². The van der Waals surface area contributed by atoms with Crippen molar-refractivity contribution < 1.29 is 14.3 Å². The highest BCUT2D eigenvalue weighted by Crippen LogP contribution is 2.18. The number of unbranched alkanes of at least 4 members (excludes halogenated alkanes) is 2. The molecule has 5 heteroatoms. The molecule has 0 fully saturated rings. The number of carboxylic acid groups (broad SMARTS) is 1. The first kappa shape index (κ1) is 13.8. The maximum Gasteiger partial charge on any atom is 0.303 e. The van der Waals surface area contributed by atoms with Gasteiger partial charge in [0.05, 0.1) is 5.02 Å². The summed E-state index contributed by atoms with van der Waals surface area (Å²) in [6.07, 6.45) is 2.58. The van der Waals surface area contributed by atoms with Crippen LogP contribution in [0.4, 0.5) is 10.1 Å². The fourth-order valence-electron chi connectivity index (χ4n) is 1.42. The molecular formula is C12H15ClFNO2. The van der Waals surface area contributed by atoms with Crippen LogP contribution in [0.15, 0.2) is 18.2 Å². The van der Waals surface area contributed by atoms with E-state index in [2.05, 4.69) is 5.32 Å². The SMILES string of the molecule is O=C(O)CCCCCNc1ccc(Cl)c(F)c1. The van der Waals surface area contributed by atoms with Crippen LogP contribution in [0.3, 0.4) is 0 Å². The Bertz CT molecular complexity index is 385. The molecule has 1 rings (SSSR count). The minimum absolute atomic E-state index is 0.108. The largest absolute Gasteiger partial charge is 0.481 e. The number of halogens is 2. The molecule has 0 aliphatic heterocycles. The van der Waals surface area contributed by atoms with Crippen LogP contribution in [0.25, 0.3) is 0 Å². The molecule has 0 aliphatic rings. The Kier molecular flexibility index (Phi) is 5.77. The second kappa shape index (κ2) is 7.12. The third kappa shape index (κ3) is 5.54. The van der Waals surface area contributed by atoms with Crippen LogP contribution in [0.1, 0.15) is 25.7 Å². The van der Waals surface area contributed by atoms with Crippen molar-refractivity contribution in [1.29, 1.82) is 0 Å². The Morgan fingerprint density at radius 2 is 2.12 bits per heavy atom. The molecule has 0 aliphatic carbocycles. The zero-order valence-electron chi connectivity index (χ0n) is 9.38. The summed E-state index contributed by atoms with van der Waals surface area (Å²) in [5, 5.41) is 11.6. The molecule has 3 nitrogen and oxygen atoms in total. The molecule has 0 unspecified atom stereocenters. The fourth-order valence-corrected chi connectivity index (χ4v) is 1.53. The van der Waals surface area contributed by atoms with Gasteiger partial charge in [-0.2, -0.15) is 0 Å². The van der Waals surface area contributed by atoms with E-state index in [4.69, 9.17) is 16.7 Å². The number of carbonyl (C=O) groups is 1. The number of hydrogen-bond donors (Lipinski definition) is 2. The summed E-state index contributed by atoms with van der Waals surface area (Å²) in [5.41, 5.74) is 0.685. The van der Waals surface area contributed by atoms with Gasteiger partial charge in [-0.1, -0.05) is 18.0 Å². The van der Waals surface area contributed by atoms with Crippen molar-refractivity contribution in [1.82, 2.24) is 0 Å². The second-order valence-electron chi connectivity index (χ2n) is 3.76. The Hall–Kier alpha value is -1.29. The normalized spacial score (nSPS) is 10.2. The van der Waals surface area contributed by atoms with E-state index in [0.717, 1.165) is 12.8 Å². The number of hydrogen-bond acceptors (Lipinski definition) is 2. The molecule has 0 radical (unpaired) electrons. The maximum atomic E-state index is 13.1. The molecule has 0 amide bonds. The summed E-state index contributed by atoms with van der Waals surface area (Å²) in [4.78, 5) is 10.3. The van der Waals surface area contributed by atoms with Crippen molar-refractivity contribution in [3.05, 3.63) is 29.0 Å². The van der Waals surface area contributed by atoms with Crippen molar-refractivity contribution >= 4 is 23.3 Å². The second-order valence-corrected chi connectivity index (χ2v) is 4.17. The lowest BCUT2D eigenvalue weighted by molar-refractivity contribution is -0.137. The third-order valence-electron chi connectivity index (χ3n) is 2.32. The number of anilines is 1. The summed E-state index contributed by atoms with van der Waals surface area (Å²) in [6.45, 7) is 0.695. The van der Waals surface area contributed by atoms with Crippen LogP contribution in [0, 0.1) is 5.82 Å². The van der Waals surface area contributed by atoms with Crippen LogP contribution in [-0.4, -0.2) is 17.6 Å². The van der Waals surface area contributed by atoms with Gasteiger partial charge in [-0.25, -0.2) is 4.39 Å². The molecular weight excluding hydrogens is 245 g/mol. The van der Waals surface area contributed by atoms with Gasteiger partial charge in [-0.05, 0) is 31.0 Å². The van der Waals surface area contributed by atoms with Gasteiger partial charge in [0.25, 0.3) is 0 Å². The van der Waals surface area contributed by atoms with Gasteiger partial charge in [0.2, 0.25) is 0 Å². The van der Waals surface area contributed by atoms with Crippen LogP contribution >= 0.6 is 11.6 Å². The monoisotopic (exact) mass is 259 g/mol. The molecule has 0 saturated heterocycles. The molecule has 17 heavy (non-hydrogen) atoms. The van der Waals surface area contributed by atoms with E-state index in [-0.39, 0.29) is 11.4 Å². The van der Waals surface area contributed by atoms with E-state index in [1.165, 1.54) is 12.1 Å². The molecule has 0 spiro atoms. The Morgan fingerprint density at radius 1 is 1.35 bits per heavy atom. The highest BCUT2D eigenvalue weighted by molar-refractivity contribution is 6.30. The number of benzene rings is 1. The first-order valence-electron chi connectivity index (χ1n) is 5.50. The number of rotatable bonds is 7. The highest BCUT2D eigenvalue weighted by atomic mass is 35.5. The smallest absolute Gasteiger partial charge is 0.303 e. The fraction of sp³-hybridized carbons (Fsp3) is 0.417. The molecule has 1 aromatic rings. The van der Waals surface area contributed by atoms with Gasteiger partial charge in [-0.3, -0.25) is 4.79 Å². The average molecular weight is 260 g/mol. The highest BCUT2D eigenvalue weighted by Gasteiger charge is 2.00. The first-order valence-corrected chi connectivity index (χ1v) is 5.88. The zero-order valence-corrected chi connectivity index (χ0v) is 10.1. The van der Waals surface area contributed by atoms with Crippen LogP contribution in [0.2, 0.25) is 5.02 Å². The van der Waals surface area contributed by atoms with Crippen molar-refractivity contribution in [3.63, 3.8) is 0 Å². The number of nitrogens with one attached hydrogen (secondary N) is 1. The van der Waals surface area contributed by atoms with E-state index in [1.807, 2.05) is 0 Å². The Morgan fingerprint density at radius 3 is 2.76 bits per heavy atom. The van der Waals surface area contributed by atoms with Gasteiger partial charge in [0.15, 0.2) is 0 Å². The van der Waals surface area contributed by atoms with E-state index in [0.29, 0.717) is 18.7 Å². The van der Waals surface area contributed by atoms with E-state index >= 15 is 0 Å². The number of carboxylic acids is 1. The zero-order chi connectivity index (χ0) is 12.7. The summed E-state index contributed by atoms with van der Waals surface area (Å²) in [5.74, 6) is -1.21. The van der Waals surface area contributed by atoms with Crippen LogP contribution < -0.4 is 5.32 Å². The first-order chi connectivity index (χ1) is 8.09. The van der Waals surface area contributed by atoms with Gasteiger partial charge in [-0.15, -0.1) is 0 Å². The molecule has 94 valence electrons. The molecule has 1 aromatic carbocycles. The third-order valence-corrected chi connectivity index (χ3v) is 2.62. The predicted molar refractivity (Wildman–Crippen MR) is 66.0 cm³/mol. The maximum absolute atomic E-state index is 13.1. The standard InChI is InChI=1S/C12H15ClFNO2/c13-10-6-5-9(8-11(10)14)15-7-3-1-2-4-12(16)17/h5-6,8,15H,1-4,7H2,(H,16,17). The van der Waals surface area contributed by atoms with E-state index in [9.17, 15) is 9.18 Å². The summed E-state index contributed by atoms with van der Waals surface area (Å²) in [6, 6.07) is 4.56. The molecule has 0 aromatic heterocycles. The van der Waals surface area contributed by atoms with E-state index in [1.54, 1.807) is 6.07 Å². The quantitative estimate of drug-likeness (QED) is 0.737. The van der Waals surface area contributed by atoms with Crippen LogP contribution in [0.5, 0.6) is 0 Å². The Balaban J connectivity index is 2.18. The molecule has 0 bridgehead atoms. The van der Waals surface area contributed by atoms with Crippen LogP contribution in [-0.2, 0) is 4.79 Å². The summed E-state index contributed by atoms with van der Waals surface area (Å²) in [7, 11) is 0. The van der Waals surface area contributed by atoms with E-state index < -0.39 is 11.8 Å². The van der Waals surface area contributed by atoms with Gasteiger partial charge >= 0.3 is 5.97 Å². The summed E-state index contributed by atoms with van der Waals surface area (Å²) < 4.78 is 13.1. The molecule has 2 N–H and O–H groups in total. The van der Waals surface area contributed by atoms with Crippen molar-refractivity contribution in [3.8, 4) is 0 Å². The lowest BCUT2D eigenvalue weighted by atomic mass is 10.2. The average Bonchev–Trinajstić information content (AvgIpc) is 2.27.